The molecule has 7 nitrogen and oxygen atoms in total. The van der Waals surface area contributed by atoms with E-state index in [-0.39, 0.29) is 5.91 Å². The van der Waals surface area contributed by atoms with Gasteiger partial charge in [0.25, 0.3) is 5.91 Å². The summed E-state index contributed by atoms with van der Waals surface area (Å²) in [6, 6.07) is 7.85. The predicted octanol–water partition coefficient (Wildman–Crippen LogP) is 1.99. The number of rotatable bonds is 3. The molecule has 2 fully saturated rings. The van der Waals surface area contributed by atoms with Gasteiger partial charge in [0.2, 0.25) is 0 Å². The van der Waals surface area contributed by atoms with Crippen molar-refractivity contribution in [2.45, 2.75) is 30.0 Å². The summed E-state index contributed by atoms with van der Waals surface area (Å²) in [4.78, 5) is 18.4. The van der Waals surface area contributed by atoms with Crippen LogP contribution < -0.4 is 0 Å². The predicted molar refractivity (Wildman–Crippen MR) is 115 cm³/mol. The highest BCUT2D eigenvalue weighted by Gasteiger charge is 2.34. The molecule has 1 aromatic heterocycles. The summed E-state index contributed by atoms with van der Waals surface area (Å²) in [7, 11) is 0.999. The molecule has 3 aliphatic heterocycles. The molecule has 0 aliphatic carbocycles. The number of fused-ring (bicyclic) bond motifs is 3. The number of nitrogens with zero attached hydrogens (tertiary/aromatic N) is 4. The number of morpholine rings is 1. The molecule has 0 radical (unpaired) electrons. The van der Waals surface area contributed by atoms with E-state index in [1.165, 1.54) is 12.8 Å². The largest absolute Gasteiger partial charge is 0.378 e. The Bertz CT molecular complexity index is 983. The van der Waals surface area contributed by atoms with E-state index in [1.807, 2.05) is 33.8 Å². The van der Waals surface area contributed by atoms with Crippen LogP contribution in [-0.2, 0) is 27.8 Å². The Hall–Kier alpha value is -2.03. The SMILES string of the molecule is CN1CCCC(Cn2nc(C(=O)N3CCOCC3)c3c2-c2ccccc2S(=O)C3)C1. The summed E-state index contributed by atoms with van der Waals surface area (Å²) in [6.45, 7) is 5.21. The molecule has 8 heteroatoms. The van der Waals surface area contributed by atoms with E-state index >= 15 is 0 Å². The van der Waals surface area contributed by atoms with Crippen LogP contribution in [0, 0.1) is 5.92 Å². The van der Waals surface area contributed by atoms with E-state index < -0.39 is 10.8 Å². The minimum Gasteiger partial charge on any atom is -0.378 e. The molecule has 0 saturated carbocycles. The first-order valence-electron chi connectivity index (χ1n) is 10.7. The van der Waals surface area contributed by atoms with E-state index in [1.54, 1.807) is 0 Å². The molecule has 1 amide bonds. The van der Waals surface area contributed by atoms with E-state index in [2.05, 4.69) is 11.9 Å². The maximum absolute atomic E-state index is 13.3. The third-order valence-electron chi connectivity index (χ3n) is 6.37. The van der Waals surface area contributed by atoms with Crippen LogP contribution in [0.3, 0.4) is 0 Å². The van der Waals surface area contributed by atoms with Crippen LogP contribution in [0.4, 0.5) is 0 Å². The molecule has 0 spiro atoms. The zero-order valence-electron chi connectivity index (χ0n) is 17.4. The topological polar surface area (TPSA) is 67.7 Å². The molecule has 0 N–H and O–H groups in total. The van der Waals surface area contributed by atoms with E-state index in [4.69, 9.17) is 9.84 Å². The molecule has 160 valence electrons. The van der Waals surface area contributed by atoms with Gasteiger partial charge in [-0.1, -0.05) is 18.2 Å². The Morgan fingerprint density at radius 2 is 2.03 bits per heavy atom. The Morgan fingerprint density at radius 1 is 1.23 bits per heavy atom. The number of piperidine rings is 1. The highest BCUT2D eigenvalue weighted by Crippen LogP contribution is 2.38. The van der Waals surface area contributed by atoms with Crippen molar-refractivity contribution >= 4 is 16.7 Å². The number of amides is 1. The Kier molecular flexibility index (Phi) is 5.47. The number of ether oxygens (including phenoxy) is 1. The van der Waals surface area contributed by atoms with Crippen LogP contribution in [0.15, 0.2) is 29.2 Å². The molecule has 3 aliphatic rings. The van der Waals surface area contributed by atoms with Gasteiger partial charge in [0.05, 0.1) is 35.5 Å². The molecule has 0 bridgehead atoms. The van der Waals surface area contributed by atoms with Crippen molar-refractivity contribution in [1.82, 2.24) is 19.6 Å². The smallest absolute Gasteiger partial charge is 0.274 e. The lowest BCUT2D eigenvalue weighted by Crippen LogP contribution is -2.41. The van der Waals surface area contributed by atoms with Crippen LogP contribution in [-0.4, -0.2) is 76.1 Å². The van der Waals surface area contributed by atoms with Crippen molar-refractivity contribution in [2.75, 3.05) is 46.4 Å². The lowest BCUT2D eigenvalue weighted by atomic mass is 9.98. The Balaban J connectivity index is 1.57. The molecule has 1 aromatic carbocycles. The van der Waals surface area contributed by atoms with Crippen LogP contribution in [0.1, 0.15) is 28.9 Å². The summed E-state index contributed by atoms with van der Waals surface area (Å²) in [5.74, 6) is 0.784. The first kappa shape index (κ1) is 19.9. The highest BCUT2D eigenvalue weighted by atomic mass is 32.2. The molecular formula is C22H28N4O3S. The number of carbonyl (C=O) groups is 1. The zero-order valence-corrected chi connectivity index (χ0v) is 18.2. The Labute approximate surface area is 179 Å². The molecule has 2 atom stereocenters. The maximum atomic E-state index is 13.3. The van der Waals surface area contributed by atoms with Gasteiger partial charge in [0.15, 0.2) is 5.69 Å². The fourth-order valence-electron chi connectivity index (χ4n) is 4.89. The van der Waals surface area contributed by atoms with Gasteiger partial charge in [-0.25, -0.2) is 0 Å². The fourth-order valence-corrected chi connectivity index (χ4v) is 6.23. The first-order valence-corrected chi connectivity index (χ1v) is 12.1. The summed E-state index contributed by atoms with van der Waals surface area (Å²) >= 11 is 0. The monoisotopic (exact) mass is 428 g/mol. The number of likely N-dealkylation sites (tertiary alicyclic amines) is 1. The van der Waals surface area contributed by atoms with Gasteiger partial charge in [-0.3, -0.25) is 13.7 Å². The van der Waals surface area contributed by atoms with Crippen molar-refractivity contribution in [3.8, 4) is 11.3 Å². The summed E-state index contributed by atoms with van der Waals surface area (Å²) < 4.78 is 20.4. The standard InChI is InChI=1S/C22H28N4O3S/c1-24-8-4-5-16(13-24)14-26-21-17-6-2-3-7-19(17)30(28)15-18(21)20(23-26)22(27)25-9-11-29-12-10-25/h2-3,6-7,16H,4-5,8-15H2,1H3. The number of aromatic nitrogens is 2. The maximum Gasteiger partial charge on any atom is 0.274 e. The van der Waals surface area contributed by atoms with Crippen LogP contribution in [0.2, 0.25) is 0 Å². The van der Waals surface area contributed by atoms with Crippen molar-refractivity contribution in [3.63, 3.8) is 0 Å². The third-order valence-corrected chi connectivity index (χ3v) is 7.76. The van der Waals surface area contributed by atoms with Gasteiger partial charge in [-0.05, 0) is 38.4 Å². The van der Waals surface area contributed by atoms with Gasteiger partial charge < -0.3 is 14.5 Å². The molecule has 30 heavy (non-hydrogen) atoms. The summed E-state index contributed by atoms with van der Waals surface area (Å²) in [5.41, 5.74) is 3.25. The van der Waals surface area contributed by atoms with Crippen LogP contribution in [0.25, 0.3) is 11.3 Å². The average Bonchev–Trinajstić information content (AvgIpc) is 3.12. The van der Waals surface area contributed by atoms with Gasteiger partial charge in [-0.15, -0.1) is 0 Å². The van der Waals surface area contributed by atoms with E-state index in [0.29, 0.717) is 43.7 Å². The molecule has 2 saturated heterocycles. The van der Waals surface area contributed by atoms with Crippen molar-refractivity contribution < 1.29 is 13.7 Å². The first-order chi connectivity index (χ1) is 14.6. The van der Waals surface area contributed by atoms with Crippen molar-refractivity contribution in [3.05, 3.63) is 35.5 Å². The average molecular weight is 429 g/mol. The molecule has 2 aromatic rings. The lowest BCUT2D eigenvalue weighted by molar-refractivity contribution is 0.0297. The van der Waals surface area contributed by atoms with Crippen molar-refractivity contribution in [1.29, 1.82) is 0 Å². The minimum atomic E-state index is -1.16. The summed E-state index contributed by atoms with van der Waals surface area (Å²) in [5, 5.41) is 4.85. The second-order valence-electron chi connectivity index (χ2n) is 8.52. The molecule has 5 rings (SSSR count). The normalized spacial score (nSPS) is 24.4. The molecule has 2 unspecified atom stereocenters. The molecule has 4 heterocycles. The quantitative estimate of drug-likeness (QED) is 0.748. The highest BCUT2D eigenvalue weighted by molar-refractivity contribution is 7.84. The van der Waals surface area contributed by atoms with Crippen LogP contribution >= 0.6 is 0 Å². The number of benzene rings is 1. The van der Waals surface area contributed by atoms with Crippen molar-refractivity contribution in [2.24, 2.45) is 5.92 Å². The van der Waals surface area contributed by atoms with Gasteiger partial charge in [-0.2, -0.15) is 5.10 Å². The van der Waals surface area contributed by atoms with E-state index in [9.17, 15) is 9.00 Å². The second kappa shape index (κ2) is 8.24. The third kappa shape index (κ3) is 3.61. The Morgan fingerprint density at radius 3 is 2.83 bits per heavy atom. The zero-order chi connectivity index (χ0) is 20.7. The summed E-state index contributed by atoms with van der Waals surface area (Å²) in [6.07, 6.45) is 2.35. The lowest BCUT2D eigenvalue weighted by Gasteiger charge is -2.30. The number of hydrogen-bond acceptors (Lipinski definition) is 5. The number of hydrogen-bond donors (Lipinski definition) is 0. The minimum absolute atomic E-state index is 0.0644. The second-order valence-corrected chi connectivity index (χ2v) is 9.94. The molecular weight excluding hydrogens is 400 g/mol. The van der Waals surface area contributed by atoms with E-state index in [0.717, 1.165) is 41.4 Å². The van der Waals surface area contributed by atoms with Crippen LogP contribution in [0.5, 0.6) is 0 Å². The van der Waals surface area contributed by atoms with Gasteiger partial charge >= 0.3 is 0 Å². The van der Waals surface area contributed by atoms with Gasteiger partial charge in [0, 0.05) is 42.2 Å². The number of carbonyl (C=O) groups excluding carboxylic acids is 1. The fraction of sp³-hybridized carbons (Fsp3) is 0.545. The van der Waals surface area contributed by atoms with Gasteiger partial charge in [0.1, 0.15) is 0 Å².